The van der Waals surface area contributed by atoms with Gasteiger partial charge in [0.1, 0.15) is 11.7 Å². The molecule has 2 aliphatic heterocycles. The molecule has 2 fully saturated rings. The predicted octanol–water partition coefficient (Wildman–Crippen LogP) is 2.33. The fraction of sp³-hybridized carbons (Fsp3) is 0.909. The molecule has 2 heterocycles. The number of halogens is 3. The molecule has 0 saturated carbocycles. The van der Waals surface area contributed by atoms with Gasteiger partial charge in [-0.05, 0) is 20.8 Å². The number of nitrogens with zero attached hydrogens (tertiary/aromatic N) is 1. The Balaban J connectivity index is 1.94. The monoisotopic (exact) mass is 267 g/mol. The summed E-state index contributed by atoms with van der Waals surface area (Å²) in [4.78, 5) is 13.0. The van der Waals surface area contributed by atoms with Gasteiger partial charge in [0.05, 0.1) is 6.54 Å². The molecule has 0 spiro atoms. The highest BCUT2D eigenvalue weighted by Gasteiger charge is 2.74. The van der Waals surface area contributed by atoms with E-state index in [9.17, 15) is 18.0 Å². The molecule has 2 rings (SSSR count). The second kappa shape index (κ2) is 3.76. The van der Waals surface area contributed by atoms with Crippen molar-refractivity contribution < 1.29 is 27.4 Å². The van der Waals surface area contributed by atoms with Crippen LogP contribution < -0.4 is 0 Å². The minimum Gasteiger partial charge on any atom is -0.444 e. The van der Waals surface area contributed by atoms with E-state index in [0.717, 1.165) is 0 Å². The van der Waals surface area contributed by atoms with Crippen molar-refractivity contribution in [2.45, 2.75) is 50.7 Å². The molecule has 2 unspecified atom stereocenters. The highest BCUT2D eigenvalue weighted by molar-refractivity contribution is 5.68. The molecule has 2 atom stereocenters. The molecule has 0 aromatic heterocycles. The third-order valence-electron chi connectivity index (χ3n) is 3.09. The molecule has 2 aliphatic rings. The van der Waals surface area contributed by atoms with Crippen molar-refractivity contribution in [2.75, 3.05) is 13.1 Å². The van der Waals surface area contributed by atoms with Crippen LogP contribution in [0.5, 0.6) is 0 Å². The number of epoxide rings is 1. The zero-order valence-corrected chi connectivity index (χ0v) is 10.5. The molecular weight excluding hydrogens is 251 g/mol. The second-order valence-electron chi connectivity index (χ2n) is 5.67. The average Bonchev–Trinajstić information content (AvgIpc) is 2.87. The van der Waals surface area contributed by atoms with Crippen LogP contribution >= 0.6 is 0 Å². The molecule has 1 amide bonds. The fourth-order valence-electron chi connectivity index (χ4n) is 2.10. The largest absolute Gasteiger partial charge is 0.444 e. The highest BCUT2D eigenvalue weighted by atomic mass is 19.4. The predicted molar refractivity (Wildman–Crippen MR) is 56.1 cm³/mol. The van der Waals surface area contributed by atoms with Crippen LogP contribution in [0, 0.1) is 0 Å². The molecule has 0 aliphatic carbocycles. The molecule has 0 aromatic carbocycles. The van der Waals surface area contributed by atoms with Gasteiger partial charge in [0.15, 0.2) is 5.60 Å². The first-order valence-electron chi connectivity index (χ1n) is 5.78. The van der Waals surface area contributed by atoms with Crippen LogP contribution in [-0.2, 0) is 9.47 Å². The summed E-state index contributed by atoms with van der Waals surface area (Å²) in [5.41, 5.74) is -2.68. The Morgan fingerprint density at radius 3 is 2.44 bits per heavy atom. The van der Waals surface area contributed by atoms with Crippen LogP contribution in [0.2, 0.25) is 0 Å². The molecule has 0 bridgehead atoms. The molecule has 0 N–H and O–H groups in total. The number of fused-ring (bicyclic) bond motifs is 1. The average molecular weight is 267 g/mol. The summed E-state index contributed by atoms with van der Waals surface area (Å²) in [6.07, 6.45) is -6.12. The van der Waals surface area contributed by atoms with Gasteiger partial charge in [-0.15, -0.1) is 0 Å². The van der Waals surface area contributed by atoms with E-state index in [1.165, 1.54) is 4.90 Å². The van der Waals surface area contributed by atoms with Crippen molar-refractivity contribution in [3.8, 4) is 0 Å². The van der Waals surface area contributed by atoms with Gasteiger partial charge in [0.2, 0.25) is 0 Å². The lowest BCUT2D eigenvalue weighted by atomic mass is 9.96. The van der Waals surface area contributed by atoms with Crippen molar-refractivity contribution in [1.82, 2.24) is 4.90 Å². The lowest BCUT2D eigenvalue weighted by molar-refractivity contribution is -0.188. The highest BCUT2D eigenvalue weighted by Crippen LogP contribution is 2.54. The summed E-state index contributed by atoms with van der Waals surface area (Å²) in [7, 11) is 0. The zero-order valence-electron chi connectivity index (χ0n) is 10.5. The summed E-state index contributed by atoms with van der Waals surface area (Å²) < 4.78 is 48.0. The van der Waals surface area contributed by atoms with E-state index in [-0.39, 0.29) is 19.5 Å². The number of hydrogen-bond donors (Lipinski definition) is 0. The Bertz CT molecular complexity index is 364. The standard InChI is InChI=1S/C11H16F3NO3/c1-9(2,3)18-8(16)15-5-4-10(11(12,13)14)7(6-15)17-10/h7H,4-6H2,1-3H3. The molecule has 2 saturated heterocycles. The maximum absolute atomic E-state index is 12.7. The number of piperidine rings is 1. The molecule has 4 nitrogen and oxygen atoms in total. The van der Waals surface area contributed by atoms with Crippen LogP contribution in [0.1, 0.15) is 27.2 Å². The minimum absolute atomic E-state index is 0.00488. The van der Waals surface area contributed by atoms with E-state index < -0.39 is 29.6 Å². The van der Waals surface area contributed by atoms with Gasteiger partial charge < -0.3 is 14.4 Å². The van der Waals surface area contributed by atoms with Gasteiger partial charge in [-0.3, -0.25) is 0 Å². The van der Waals surface area contributed by atoms with Crippen molar-refractivity contribution >= 4 is 6.09 Å². The maximum Gasteiger partial charge on any atom is 0.420 e. The fourth-order valence-corrected chi connectivity index (χ4v) is 2.10. The lowest BCUT2D eigenvalue weighted by Crippen LogP contribution is -2.49. The van der Waals surface area contributed by atoms with Crippen LogP contribution in [0.3, 0.4) is 0 Å². The Labute approximate surface area is 103 Å². The first-order valence-corrected chi connectivity index (χ1v) is 5.78. The van der Waals surface area contributed by atoms with Crippen LogP contribution in [0.15, 0.2) is 0 Å². The van der Waals surface area contributed by atoms with E-state index in [1.54, 1.807) is 20.8 Å². The molecule has 0 radical (unpaired) electrons. The van der Waals surface area contributed by atoms with Gasteiger partial charge in [0.25, 0.3) is 0 Å². The lowest BCUT2D eigenvalue weighted by Gasteiger charge is -2.31. The number of ether oxygens (including phenoxy) is 2. The van der Waals surface area contributed by atoms with Gasteiger partial charge in [-0.1, -0.05) is 0 Å². The van der Waals surface area contributed by atoms with Crippen LogP contribution in [0.4, 0.5) is 18.0 Å². The Kier molecular flexibility index (Phi) is 2.81. The summed E-state index contributed by atoms with van der Waals surface area (Å²) in [5, 5.41) is 0. The number of likely N-dealkylation sites (tertiary alicyclic amines) is 1. The molecule has 7 heteroatoms. The van der Waals surface area contributed by atoms with Crippen molar-refractivity contribution in [3.05, 3.63) is 0 Å². The summed E-state index contributed by atoms with van der Waals surface area (Å²) in [6.45, 7) is 5.08. The normalized spacial score (nSPS) is 31.9. The minimum atomic E-state index is -4.36. The number of amides is 1. The van der Waals surface area contributed by atoms with Crippen molar-refractivity contribution in [2.24, 2.45) is 0 Å². The van der Waals surface area contributed by atoms with Gasteiger partial charge in [0, 0.05) is 13.0 Å². The van der Waals surface area contributed by atoms with Crippen LogP contribution in [-0.4, -0.2) is 47.6 Å². The molecular formula is C11H16F3NO3. The summed E-state index contributed by atoms with van der Waals surface area (Å²) >= 11 is 0. The maximum atomic E-state index is 12.7. The first-order chi connectivity index (χ1) is 8.05. The van der Waals surface area contributed by atoms with E-state index in [4.69, 9.17) is 9.47 Å². The van der Waals surface area contributed by atoms with E-state index in [1.807, 2.05) is 0 Å². The number of alkyl halides is 3. The first kappa shape index (κ1) is 13.5. The SMILES string of the molecule is CC(C)(C)OC(=O)N1CCC2(C(F)(F)F)OC2C1. The van der Waals surface area contributed by atoms with Gasteiger partial charge >= 0.3 is 12.3 Å². The van der Waals surface area contributed by atoms with E-state index in [2.05, 4.69) is 0 Å². The van der Waals surface area contributed by atoms with E-state index in [0.29, 0.717) is 0 Å². The number of hydrogen-bond acceptors (Lipinski definition) is 3. The number of carbonyl (C=O) groups is 1. The zero-order chi connectivity index (χ0) is 13.8. The van der Waals surface area contributed by atoms with Crippen molar-refractivity contribution in [1.29, 1.82) is 0 Å². The van der Waals surface area contributed by atoms with E-state index >= 15 is 0 Å². The quantitative estimate of drug-likeness (QED) is 0.632. The van der Waals surface area contributed by atoms with Crippen LogP contribution in [0.25, 0.3) is 0 Å². The topological polar surface area (TPSA) is 42.1 Å². The smallest absolute Gasteiger partial charge is 0.420 e. The number of carbonyl (C=O) groups excluding carboxylic acids is 1. The molecule has 18 heavy (non-hydrogen) atoms. The van der Waals surface area contributed by atoms with Crippen molar-refractivity contribution in [3.63, 3.8) is 0 Å². The Hall–Kier alpha value is -0.980. The summed E-state index contributed by atoms with van der Waals surface area (Å²) in [6, 6.07) is 0. The van der Waals surface area contributed by atoms with Gasteiger partial charge in [-0.25, -0.2) is 4.79 Å². The summed E-state index contributed by atoms with van der Waals surface area (Å²) in [5.74, 6) is 0. The third-order valence-corrected chi connectivity index (χ3v) is 3.09. The number of rotatable bonds is 0. The second-order valence-corrected chi connectivity index (χ2v) is 5.67. The Morgan fingerprint density at radius 1 is 1.39 bits per heavy atom. The third kappa shape index (κ3) is 2.28. The molecule has 104 valence electrons. The Morgan fingerprint density at radius 2 is 2.00 bits per heavy atom. The van der Waals surface area contributed by atoms with Gasteiger partial charge in [-0.2, -0.15) is 13.2 Å². The molecule has 0 aromatic rings.